The van der Waals surface area contributed by atoms with Gasteiger partial charge in [-0.05, 0) is 37.3 Å². The van der Waals surface area contributed by atoms with Crippen LogP contribution >= 0.6 is 0 Å². The fourth-order valence-electron chi connectivity index (χ4n) is 2.72. The zero-order valence-corrected chi connectivity index (χ0v) is 14.4. The summed E-state index contributed by atoms with van der Waals surface area (Å²) in [7, 11) is 0. The molecule has 0 saturated carbocycles. The lowest BCUT2D eigenvalue weighted by Gasteiger charge is -2.21. The van der Waals surface area contributed by atoms with E-state index in [0.717, 1.165) is 0 Å². The van der Waals surface area contributed by atoms with Crippen molar-refractivity contribution in [3.63, 3.8) is 0 Å². The molecule has 0 aliphatic rings. The van der Waals surface area contributed by atoms with Crippen molar-refractivity contribution in [3.05, 3.63) is 89.5 Å². The van der Waals surface area contributed by atoms with E-state index in [1.54, 1.807) is 35.5 Å². The van der Waals surface area contributed by atoms with Crippen molar-refractivity contribution in [1.29, 1.82) is 0 Å². The molecule has 0 bridgehead atoms. The smallest absolute Gasteiger partial charge is 0.254 e. The van der Waals surface area contributed by atoms with Gasteiger partial charge in [-0.2, -0.15) is 0 Å². The highest BCUT2D eigenvalue weighted by atomic mass is 19.1. The number of nitrogens with zero attached hydrogens (tertiary/aromatic N) is 3. The predicted octanol–water partition coefficient (Wildman–Crippen LogP) is 3.87. The van der Waals surface area contributed by atoms with Crippen LogP contribution in [0, 0.1) is 11.6 Å². The van der Waals surface area contributed by atoms with Gasteiger partial charge in [-0.15, -0.1) is 0 Å². The molecule has 3 aromatic rings. The average molecular weight is 355 g/mol. The lowest BCUT2D eigenvalue weighted by molar-refractivity contribution is 0.0747. The zero-order chi connectivity index (χ0) is 18.5. The molecule has 0 N–H and O–H groups in total. The Morgan fingerprint density at radius 1 is 1.12 bits per heavy atom. The maximum atomic E-state index is 13.9. The molecule has 0 spiro atoms. The normalized spacial score (nSPS) is 10.7. The lowest BCUT2D eigenvalue weighted by Crippen LogP contribution is -2.31. The van der Waals surface area contributed by atoms with E-state index in [9.17, 15) is 13.6 Å². The van der Waals surface area contributed by atoms with Gasteiger partial charge in [0.1, 0.15) is 17.5 Å². The van der Waals surface area contributed by atoms with Crippen LogP contribution in [-0.2, 0) is 13.1 Å². The largest absolute Gasteiger partial charge is 0.331 e. The van der Waals surface area contributed by atoms with Gasteiger partial charge < -0.3 is 9.47 Å². The molecule has 0 radical (unpaired) electrons. The second-order valence-electron chi connectivity index (χ2n) is 5.89. The first-order chi connectivity index (χ1) is 12.6. The maximum Gasteiger partial charge on any atom is 0.254 e. The van der Waals surface area contributed by atoms with E-state index in [4.69, 9.17) is 0 Å². The van der Waals surface area contributed by atoms with Gasteiger partial charge in [-0.1, -0.05) is 18.2 Å². The number of hydrogen-bond donors (Lipinski definition) is 0. The van der Waals surface area contributed by atoms with Crippen LogP contribution in [-0.4, -0.2) is 26.9 Å². The molecule has 3 rings (SSSR count). The fourth-order valence-corrected chi connectivity index (χ4v) is 2.72. The van der Waals surface area contributed by atoms with Gasteiger partial charge in [-0.3, -0.25) is 4.79 Å². The highest BCUT2D eigenvalue weighted by molar-refractivity contribution is 5.94. The summed E-state index contributed by atoms with van der Waals surface area (Å²) in [6.45, 7) is 2.97. The molecule has 1 heterocycles. The molecule has 134 valence electrons. The molecule has 0 saturated heterocycles. The van der Waals surface area contributed by atoms with Crippen LogP contribution in [0.15, 0.2) is 60.9 Å². The number of carbonyl (C=O) groups is 1. The minimum absolute atomic E-state index is 0.201. The quantitative estimate of drug-likeness (QED) is 0.673. The van der Waals surface area contributed by atoms with Crippen LogP contribution in [0.5, 0.6) is 0 Å². The van der Waals surface area contributed by atoms with E-state index < -0.39 is 0 Å². The van der Waals surface area contributed by atoms with Crippen LogP contribution in [0.1, 0.15) is 28.7 Å². The van der Waals surface area contributed by atoms with E-state index in [1.165, 1.54) is 30.3 Å². The number of carbonyl (C=O) groups excluding carboxylic acids is 1. The average Bonchev–Trinajstić information content (AvgIpc) is 3.08. The Morgan fingerprint density at radius 3 is 2.54 bits per heavy atom. The fraction of sp³-hybridized carbons (Fsp3) is 0.200. The molecule has 0 aliphatic heterocycles. The van der Waals surface area contributed by atoms with Crippen molar-refractivity contribution >= 4 is 5.91 Å². The van der Waals surface area contributed by atoms with Crippen molar-refractivity contribution in [1.82, 2.24) is 14.5 Å². The number of amides is 1. The van der Waals surface area contributed by atoms with Crippen LogP contribution in [0.3, 0.4) is 0 Å². The summed E-state index contributed by atoms with van der Waals surface area (Å²) in [6.07, 6.45) is 3.39. The molecular weight excluding hydrogens is 336 g/mol. The Morgan fingerprint density at radius 2 is 1.85 bits per heavy atom. The van der Waals surface area contributed by atoms with E-state index in [1.807, 2.05) is 11.5 Å². The van der Waals surface area contributed by atoms with Crippen molar-refractivity contribution < 1.29 is 13.6 Å². The Hall–Kier alpha value is -3.02. The first-order valence-electron chi connectivity index (χ1n) is 8.36. The van der Waals surface area contributed by atoms with E-state index >= 15 is 0 Å². The molecule has 0 unspecified atom stereocenters. The monoisotopic (exact) mass is 355 g/mol. The highest BCUT2D eigenvalue weighted by Crippen LogP contribution is 2.13. The Balaban J connectivity index is 1.77. The third-order valence-electron chi connectivity index (χ3n) is 4.19. The summed E-state index contributed by atoms with van der Waals surface area (Å²) in [5.41, 5.74) is 0.972. The van der Waals surface area contributed by atoms with Gasteiger partial charge in [0.05, 0.1) is 13.1 Å². The third kappa shape index (κ3) is 3.96. The minimum Gasteiger partial charge on any atom is -0.331 e. The van der Waals surface area contributed by atoms with E-state index in [0.29, 0.717) is 30.0 Å². The van der Waals surface area contributed by atoms with Gasteiger partial charge >= 0.3 is 0 Å². The van der Waals surface area contributed by atoms with Crippen LogP contribution in [0.2, 0.25) is 0 Å². The van der Waals surface area contributed by atoms with Crippen molar-refractivity contribution in [3.8, 4) is 0 Å². The molecule has 4 nitrogen and oxygen atoms in total. The van der Waals surface area contributed by atoms with Crippen molar-refractivity contribution in [2.45, 2.75) is 20.0 Å². The van der Waals surface area contributed by atoms with Crippen LogP contribution in [0.25, 0.3) is 0 Å². The first-order valence-corrected chi connectivity index (χ1v) is 8.36. The molecule has 1 amide bonds. The summed E-state index contributed by atoms with van der Waals surface area (Å²) in [6, 6.07) is 12.0. The second kappa shape index (κ2) is 7.91. The lowest BCUT2D eigenvalue weighted by atomic mass is 10.2. The SMILES string of the molecule is CCN(Cc1nccn1Cc1ccccc1F)C(=O)c1ccc(F)cc1. The summed E-state index contributed by atoms with van der Waals surface area (Å²) in [5, 5.41) is 0. The number of halogens is 2. The summed E-state index contributed by atoms with van der Waals surface area (Å²) < 4.78 is 28.8. The minimum atomic E-state index is -0.384. The molecule has 0 aliphatic carbocycles. The highest BCUT2D eigenvalue weighted by Gasteiger charge is 2.17. The topological polar surface area (TPSA) is 38.1 Å². The molecule has 0 fully saturated rings. The van der Waals surface area contributed by atoms with E-state index in [2.05, 4.69) is 4.98 Å². The molecule has 26 heavy (non-hydrogen) atoms. The standard InChI is InChI=1S/C20H19F2N3O/c1-2-24(20(26)15-7-9-17(21)10-8-15)14-19-23-11-12-25(19)13-16-5-3-4-6-18(16)22/h3-12H,2,13-14H2,1H3. The van der Waals surface area contributed by atoms with Gasteiger partial charge in [0, 0.05) is 30.1 Å². The van der Waals surface area contributed by atoms with Crippen LogP contribution in [0.4, 0.5) is 8.78 Å². The van der Waals surface area contributed by atoms with Gasteiger partial charge in [0.25, 0.3) is 5.91 Å². The Kier molecular flexibility index (Phi) is 5.41. The molecule has 2 aromatic carbocycles. The van der Waals surface area contributed by atoms with Crippen LogP contribution < -0.4 is 0 Å². The number of rotatable bonds is 6. The number of imidazole rings is 1. The zero-order valence-electron chi connectivity index (χ0n) is 14.4. The Labute approximate surface area is 150 Å². The van der Waals surface area contributed by atoms with Gasteiger partial charge in [0.2, 0.25) is 0 Å². The van der Waals surface area contributed by atoms with Gasteiger partial charge in [0.15, 0.2) is 0 Å². The number of benzene rings is 2. The Bertz CT molecular complexity index is 890. The summed E-state index contributed by atoms with van der Waals surface area (Å²) in [5.74, 6) is -0.203. The first kappa shape index (κ1) is 17.8. The summed E-state index contributed by atoms with van der Waals surface area (Å²) in [4.78, 5) is 18.6. The van der Waals surface area contributed by atoms with Crippen molar-refractivity contribution in [2.24, 2.45) is 0 Å². The number of aromatic nitrogens is 2. The molecule has 1 aromatic heterocycles. The summed E-state index contributed by atoms with van der Waals surface area (Å²) >= 11 is 0. The maximum absolute atomic E-state index is 13.9. The molecule has 0 atom stereocenters. The second-order valence-corrected chi connectivity index (χ2v) is 5.89. The van der Waals surface area contributed by atoms with Crippen molar-refractivity contribution in [2.75, 3.05) is 6.54 Å². The van der Waals surface area contributed by atoms with E-state index in [-0.39, 0.29) is 24.1 Å². The van der Waals surface area contributed by atoms with Gasteiger partial charge in [-0.25, -0.2) is 13.8 Å². The molecular formula is C20H19F2N3O. The number of hydrogen-bond acceptors (Lipinski definition) is 2. The molecule has 6 heteroatoms. The third-order valence-corrected chi connectivity index (χ3v) is 4.19. The predicted molar refractivity (Wildman–Crippen MR) is 94.5 cm³/mol.